The number of nitrogens with zero attached hydrogens (tertiary/aromatic N) is 1. The van der Waals surface area contributed by atoms with Crippen LogP contribution in [0.25, 0.3) is 0 Å². The molecule has 3 aromatic rings. The number of anilines is 2. The Balaban J connectivity index is 1.59. The van der Waals surface area contributed by atoms with E-state index in [-0.39, 0.29) is 17.4 Å². The third-order valence-electron chi connectivity index (χ3n) is 5.52. The van der Waals surface area contributed by atoms with Crippen molar-refractivity contribution in [3.8, 4) is 0 Å². The topological polar surface area (TPSA) is 66.6 Å². The molecule has 1 aliphatic rings. The number of nitrogens with one attached hydrogen (secondary N) is 2. The van der Waals surface area contributed by atoms with Crippen molar-refractivity contribution >= 4 is 23.0 Å². The minimum absolute atomic E-state index is 0.216. The van der Waals surface area contributed by atoms with Crippen LogP contribution < -0.4 is 10.7 Å². The molecule has 0 saturated heterocycles. The van der Waals surface area contributed by atoms with Gasteiger partial charge in [-0.3, -0.25) is 10.2 Å². The summed E-state index contributed by atoms with van der Waals surface area (Å²) in [7, 11) is 0. The predicted molar refractivity (Wildman–Crippen MR) is 122 cm³/mol. The van der Waals surface area contributed by atoms with E-state index >= 15 is 0 Å². The molecule has 2 N–H and O–H groups in total. The lowest BCUT2D eigenvalue weighted by molar-refractivity contribution is -0.137. The smallest absolute Gasteiger partial charge is 0.416 e. The number of carbonyl (C=O) groups is 1. The van der Waals surface area contributed by atoms with Crippen LogP contribution in [0.4, 0.5) is 24.5 Å². The van der Waals surface area contributed by atoms with Gasteiger partial charge >= 0.3 is 6.18 Å². The molecule has 0 bridgehead atoms. The molecule has 5 nitrogen and oxygen atoms in total. The van der Waals surface area contributed by atoms with Gasteiger partial charge in [0.2, 0.25) is 0 Å². The summed E-state index contributed by atoms with van der Waals surface area (Å²) in [6, 6.07) is 10.7. The maximum atomic E-state index is 13.0. The molecule has 0 radical (unpaired) electrons. The van der Waals surface area contributed by atoms with E-state index in [1.807, 2.05) is 32.0 Å². The Hall–Kier alpha value is -3.55. The molecule has 1 heterocycles. The van der Waals surface area contributed by atoms with Crippen LogP contribution in [0.2, 0.25) is 0 Å². The molecule has 0 spiro atoms. The van der Waals surface area contributed by atoms with Gasteiger partial charge in [0.1, 0.15) is 5.76 Å². The number of benzene rings is 2. The summed E-state index contributed by atoms with van der Waals surface area (Å²) >= 11 is 0. The van der Waals surface area contributed by atoms with Gasteiger partial charge in [-0.05, 0) is 75.1 Å². The molecule has 172 valence electrons. The van der Waals surface area contributed by atoms with Crippen LogP contribution in [-0.2, 0) is 12.6 Å². The van der Waals surface area contributed by atoms with Crippen LogP contribution in [0.3, 0.4) is 0 Å². The zero-order valence-corrected chi connectivity index (χ0v) is 18.6. The Morgan fingerprint density at radius 3 is 2.42 bits per heavy atom. The summed E-state index contributed by atoms with van der Waals surface area (Å²) in [5.41, 5.74) is 7.04. The number of hydrogen-bond donors (Lipinski definition) is 2. The molecule has 1 amide bonds. The third kappa shape index (κ3) is 4.94. The molecule has 0 saturated carbocycles. The fourth-order valence-electron chi connectivity index (χ4n) is 4.13. The van der Waals surface area contributed by atoms with E-state index in [1.165, 1.54) is 12.1 Å². The van der Waals surface area contributed by atoms with E-state index in [4.69, 9.17) is 4.42 Å². The van der Waals surface area contributed by atoms with Gasteiger partial charge in [-0.15, -0.1) is 0 Å². The van der Waals surface area contributed by atoms with Crippen LogP contribution >= 0.6 is 0 Å². The molecule has 0 fully saturated rings. The number of rotatable bonds is 4. The van der Waals surface area contributed by atoms with Crippen molar-refractivity contribution in [3.05, 3.63) is 81.8 Å². The van der Waals surface area contributed by atoms with Gasteiger partial charge in [0.25, 0.3) is 5.91 Å². The highest BCUT2D eigenvalue weighted by Gasteiger charge is 2.31. The van der Waals surface area contributed by atoms with Gasteiger partial charge in [-0.25, -0.2) is 0 Å². The standard InChI is InChI=1S/C25H24F3N3O2/c1-14-10-15(2)12-19(11-14)29-24(32)23-16(3)22-20(8-5-9-21(22)33-23)31-30-18-7-4-6-17(13-18)25(26,27)28/h4,6-7,10-13,30H,5,8-9H2,1-3H3,(H,29,32)/b31-20+. The van der Waals surface area contributed by atoms with E-state index in [0.29, 0.717) is 35.6 Å². The number of hydrazone groups is 1. The Bertz CT molecular complexity index is 1220. The van der Waals surface area contributed by atoms with Crippen molar-refractivity contribution in [1.82, 2.24) is 0 Å². The zero-order chi connectivity index (χ0) is 23.8. The summed E-state index contributed by atoms with van der Waals surface area (Å²) in [5.74, 6) is 0.527. The van der Waals surface area contributed by atoms with Gasteiger partial charge in [0.05, 0.1) is 17.0 Å². The van der Waals surface area contributed by atoms with Gasteiger partial charge in [0.15, 0.2) is 5.76 Å². The number of alkyl halides is 3. The number of halogens is 3. The Labute approximate surface area is 189 Å². The lowest BCUT2D eigenvalue weighted by Crippen LogP contribution is -2.14. The molecule has 2 aromatic carbocycles. The monoisotopic (exact) mass is 455 g/mol. The lowest BCUT2D eigenvalue weighted by Gasteiger charge is -2.14. The molecule has 1 aromatic heterocycles. The molecule has 0 unspecified atom stereocenters. The van der Waals surface area contributed by atoms with Gasteiger partial charge < -0.3 is 9.73 Å². The minimum Gasteiger partial charge on any atom is -0.455 e. The number of furan rings is 1. The van der Waals surface area contributed by atoms with Crippen molar-refractivity contribution in [2.24, 2.45) is 5.10 Å². The van der Waals surface area contributed by atoms with Gasteiger partial charge in [0, 0.05) is 23.2 Å². The summed E-state index contributed by atoms with van der Waals surface area (Å²) in [4.78, 5) is 12.9. The number of hydrogen-bond acceptors (Lipinski definition) is 4. The van der Waals surface area contributed by atoms with Gasteiger partial charge in [-0.1, -0.05) is 12.1 Å². The third-order valence-corrected chi connectivity index (χ3v) is 5.52. The SMILES string of the molecule is Cc1cc(C)cc(NC(=O)c2oc3c(c2C)/C(=N/Nc2cccc(C(F)(F)F)c2)CCC3)c1. The van der Waals surface area contributed by atoms with E-state index < -0.39 is 11.7 Å². The highest BCUT2D eigenvalue weighted by atomic mass is 19.4. The quantitative estimate of drug-likeness (QED) is 0.434. The molecule has 4 rings (SSSR count). The second kappa shape index (κ2) is 8.77. The molecule has 8 heteroatoms. The summed E-state index contributed by atoms with van der Waals surface area (Å²) < 4.78 is 44.8. The number of carbonyl (C=O) groups excluding carboxylic acids is 1. The van der Waals surface area contributed by atoms with Crippen LogP contribution in [0.1, 0.15) is 57.0 Å². The highest BCUT2D eigenvalue weighted by molar-refractivity contribution is 6.09. The molecule has 0 aliphatic heterocycles. The molecular formula is C25H24F3N3O2. The van der Waals surface area contributed by atoms with Gasteiger partial charge in [-0.2, -0.15) is 18.3 Å². The first-order chi connectivity index (χ1) is 15.6. The van der Waals surface area contributed by atoms with E-state index in [2.05, 4.69) is 15.8 Å². The van der Waals surface area contributed by atoms with E-state index in [0.717, 1.165) is 35.2 Å². The Morgan fingerprint density at radius 1 is 1.00 bits per heavy atom. The van der Waals surface area contributed by atoms with E-state index in [9.17, 15) is 18.0 Å². The molecule has 1 aliphatic carbocycles. The van der Waals surface area contributed by atoms with E-state index in [1.54, 1.807) is 6.92 Å². The second-order valence-electron chi connectivity index (χ2n) is 8.29. The van der Waals surface area contributed by atoms with Crippen LogP contribution in [0.15, 0.2) is 52.0 Å². The molecule has 0 atom stereocenters. The maximum Gasteiger partial charge on any atom is 0.416 e. The van der Waals surface area contributed by atoms with Crippen molar-refractivity contribution in [1.29, 1.82) is 0 Å². The zero-order valence-electron chi connectivity index (χ0n) is 18.6. The Morgan fingerprint density at radius 2 is 1.73 bits per heavy atom. The van der Waals surface area contributed by atoms with Crippen LogP contribution in [0.5, 0.6) is 0 Å². The largest absolute Gasteiger partial charge is 0.455 e. The average Bonchev–Trinajstić information content (AvgIpc) is 3.08. The van der Waals surface area contributed by atoms with Crippen molar-refractivity contribution < 1.29 is 22.4 Å². The van der Waals surface area contributed by atoms with Crippen LogP contribution in [0, 0.1) is 20.8 Å². The normalized spacial score (nSPS) is 14.8. The first-order valence-corrected chi connectivity index (χ1v) is 10.6. The highest BCUT2D eigenvalue weighted by Crippen LogP contribution is 2.32. The average molecular weight is 455 g/mol. The lowest BCUT2D eigenvalue weighted by atomic mass is 9.93. The molecule has 33 heavy (non-hydrogen) atoms. The molecular weight excluding hydrogens is 431 g/mol. The van der Waals surface area contributed by atoms with Crippen molar-refractivity contribution in [3.63, 3.8) is 0 Å². The summed E-state index contributed by atoms with van der Waals surface area (Å²) in [6.45, 7) is 5.71. The maximum absolute atomic E-state index is 13.0. The predicted octanol–water partition coefficient (Wildman–Crippen LogP) is 6.63. The van der Waals surface area contributed by atoms with Crippen LogP contribution in [-0.4, -0.2) is 11.6 Å². The fraction of sp³-hybridized carbons (Fsp3) is 0.280. The first-order valence-electron chi connectivity index (χ1n) is 10.6. The second-order valence-corrected chi connectivity index (χ2v) is 8.29. The number of amides is 1. The van der Waals surface area contributed by atoms with Crippen molar-refractivity contribution in [2.45, 2.75) is 46.2 Å². The minimum atomic E-state index is -4.43. The number of fused-ring (bicyclic) bond motifs is 1. The number of aryl methyl sites for hydroxylation is 3. The fourth-order valence-corrected chi connectivity index (χ4v) is 4.13. The first kappa shape index (κ1) is 22.6. The van der Waals surface area contributed by atoms with Crippen molar-refractivity contribution in [2.75, 3.05) is 10.7 Å². The summed E-state index contributed by atoms with van der Waals surface area (Å²) in [5, 5.41) is 7.25. The summed E-state index contributed by atoms with van der Waals surface area (Å²) in [6.07, 6.45) is -2.38. The Kier molecular flexibility index (Phi) is 6.01.